The quantitative estimate of drug-likeness (QED) is 0.723. The maximum Gasteiger partial charge on any atom is 0.407 e. The van der Waals surface area contributed by atoms with Crippen LogP contribution in [0.2, 0.25) is 0 Å². The molecule has 1 heterocycles. The molecule has 2 rings (SSSR count). The van der Waals surface area contributed by atoms with E-state index in [4.69, 9.17) is 14.7 Å². The summed E-state index contributed by atoms with van der Waals surface area (Å²) in [5.41, 5.74) is 0.887. The Bertz CT molecular complexity index is 577. The molecule has 1 amide bonds. The van der Waals surface area contributed by atoms with Gasteiger partial charge >= 0.3 is 18.0 Å². The lowest BCUT2D eigenvalue weighted by molar-refractivity contribution is -0.195. The van der Waals surface area contributed by atoms with Crippen LogP contribution in [0.25, 0.3) is 0 Å². The van der Waals surface area contributed by atoms with Crippen molar-refractivity contribution < 1.29 is 29.1 Å². The van der Waals surface area contributed by atoms with E-state index in [-0.39, 0.29) is 19.2 Å². The fourth-order valence-corrected chi connectivity index (χ4v) is 2.40. The van der Waals surface area contributed by atoms with Gasteiger partial charge in [0.05, 0.1) is 6.04 Å². The number of benzene rings is 1. The number of hydrogen-bond acceptors (Lipinski definition) is 6. The van der Waals surface area contributed by atoms with E-state index in [9.17, 15) is 14.4 Å². The number of ether oxygens (including phenoxy) is 1. The number of hydrogen-bond donors (Lipinski definition) is 2. The first-order valence-corrected chi connectivity index (χ1v) is 7.68. The number of amides is 1. The van der Waals surface area contributed by atoms with Gasteiger partial charge in [0.2, 0.25) is 0 Å². The van der Waals surface area contributed by atoms with Crippen molar-refractivity contribution >= 4 is 18.0 Å². The minimum atomic E-state index is -1.24. The second-order valence-electron chi connectivity index (χ2n) is 5.41. The van der Waals surface area contributed by atoms with Gasteiger partial charge in [-0.2, -0.15) is 0 Å². The molecular formula is C16H20N2O6. The maximum absolute atomic E-state index is 11.7. The van der Waals surface area contributed by atoms with Gasteiger partial charge in [-0.05, 0) is 18.4 Å². The number of carboxylic acid groups (broad SMARTS) is 1. The van der Waals surface area contributed by atoms with Crippen molar-refractivity contribution in [3.05, 3.63) is 35.9 Å². The number of carbonyl (C=O) groups is 3. The summed E-state index contributed by atoms with van der Waals surface area (Å²) in [7, 11) is 0. The number of aliphatic carboxylic acids is 1. The Balaban J connectivity index is 1.71. The van der Waals surface area contributed by atoms with Gasteiger partial charge < -0.3 is 20.0 Å². The lowest BCUT2D eigenvalue weighted by Gasteiger charge is -2.22. The average Bonchev–Trinajstić information content (AvgIpc) is 2.98. The van der Waals surface area contributed by atoms with Gasteiger partial charge in [0, 0.05) is 13.1 Å². The SMILES string of the molecule is O=C(O)CC(=O)ON1CCC[C@H]1CNC(=O)OCc1ccccc1. The first-order chi connectivity index (χ1) is 11.5. The summed E-state index contributed by atoms with van der Waals surface area (Å²) in [6.07, 6.45) is 0.295. The topological polar surface area (TPSA) is 105 Å². The first-order valence-electron chi connectivity index (χ1n) is 7.68. The summed E-state index contributed by atoms with van der Waals surface area (Å²) in [5.74, 6) is -2.06. The molecule has 2 N–H and O–H groups in total. The highest BCUT2D eigenvalue weighted by molar-refractivity contribution is 5.89. The predicted molar refractivity (Wildman–Crippen MR) is 82.7 cm³/mol. The van der Waals surface area contributed by atoms with Crippen molar-refractivity contribution in [3.63, 3.8) is 0 Å². The molecular weight excluding hydrogens is 316 g/mol. The van der Waals surface area contributed by atoms with Crippen LogP contribution in [0.4, 0.5) is 4.79 Å². The lowest BCUT2D eigenvalue weighted by Crippen LogP contribution is -2.41. The summed E-state index contributed by atoms with van der Waals surface area (Å²) in [4.78, 5) is 38.6. The van der Waals surface area contributed by atoms with Crippen LogP contribution in [0.1, 0.15) is 24.8 Å². The predicted octanol–water partition coefficient (Wildman–Crippen LogP) is 1.31. The molecule has 1 saturated heterocycles. The van der Waals surface area contributed by atoms with Crippen LogP contribution in [0.3, 0.4) is 0 Å². The third kappa shape index (κ3) is 5.88. The van der Waals surface area contributed by atoms with Crippen molar-refractivity contribution in [2.45, 2.75) is 31.9 Å². The summed E-state index contributed by atoms with van der Waals surface area (Å²) in [6, 6.07) is 9.12. The molecule has 1 aromatic carbocycles. The van der Waals surface area contributed by atoms with Crippen molar-refractivity contribution in [3.8, 4) is 0 Å². The van der Waals surface area contributed by atoms with Gasteiger partial charge in [-0.15, -0.1) is 5.06 Å². The van der Waals surface area contributed by atoms with Gasteiger partial charge in [-0.25, -0.2) is 9.59 Å². The molecule has 1 fully saturated rings. The maximum atomic E-state index is 11.7. The fourth-order valence-electron chi connectivity index (χ4n) is 2.40. The van der Waals surface area contributed by atoms with Gasteiger partial charge in [0.15, 0.2) is 0 Å². The zero-order chi connectivity index (χ0) is 17.4. The number of rotatable bonds is 7. The average molecular weight is 336 g/mol. The van der Waals surface area contributed by atoms with Crippen molar-refractivity contribution in [1.82, 2.24) is 10.4 Å². The second kappa shape index (κ2) is 8.88. The molecule has 0 radical (unpaired) electrons. The van der Waals surface area contributed by atoms with Crippen molar-refractivity contribution in [2.24, 2.45) is 0 Å². The molecule has 1 atom stereocenters. The van der Waals surface area contributed by atoms with E-state index in [1.54, 1.807) is 0 Å². The van der Waals surface area contributed by atoms with Crippen LogP contribution in [0, 0.1) is 0 Å². The minimum Gasteiger partial charge on any atom is -0.481 e. The Labute approximate surface area is 139 Å². The first kappa shape index (κ1) is 17.7. The number of nitrogens with zero attached hydrogens (tertiary/aromatic N) is 1. The molecule has 1 aliphatic heterocycles. The molecule has 24 heavy (non-hydrogen) atoms. The number of alkyl carbamates (subject to hydrolysis) is 1. The summed E-state index contributed by atoms with van der Waals surface area (Å²) in [6.45, 7) is 0.944. The largest absolute Gasteiger partial charge is 0.481 e. The van der Waals surface area contributed by atoms with Crippen LogP contribution < -0.4 is 5.32 Å². The second-order valence-corrected chi connectivity index (χ2v) is 5.41. The third-order valence-electron chi connectivity index (χ3n) is 3.53. The fraction of sp³-hybridized carbons (Fsp3) is 0.438. The van der Waals surface area contributed by atoms with Crippen molar-refractivity contribution in [1.29, 1.82) is 0 Å². The van der Waals surface area contributed by atoms with Gasteiger partial charge in [-0.1, -0.05) is 30.3 Å². The smallest absolute Gasteiger partial charge is 0.407 e. The van der Waals surface area contributed by atoms with E-state index < -0.39 is 24.5 Å². The Morgan fingerprint density at radius 3 is 2.71 bits per heavy atom. The van der Waals surface area contributed by atoms with Crippen molar-refractivity contribution in [2.75, 3.05) is 13.1 Å². The molecule has 0 aliphatic carbocycles. The normalized spacial score (nSPS) is 17.2. The molecule has 8 heteroatoms. The van der Waals surface area contributed by atoms with E-state index in [0.29, 0.717) is 6.54 Å². The van der Waals surface area contributed by atoms with Gasteiger partial charge in [0.25, 0.3) is 0 Å². The van der Waals surface area contributed by atoms with Gasteiger partial charge in [0.1, 0.15) is 13.0 Å². The van der Waals surface area contributed by atoms with E-state index in [1.165, 1.54) is 5.06 Å². The summed E-state index contributed by atoms with van der Waals surface area (Å²) >= 11 is 0. The summed E-state index contributed by atoms with van der Waals surface area (Å²) < 4.78 is 5.10. The zero-order valence-electron chi connectivity index (χ0n) is 13.1. The molecule has 8 nitrogen and oxygen atoms in total. The van der Waals surface area contributed by atoms with Crippen LogP contribution >= 0.6 is 0 Å². The third-order valence-corrected chi connectivity index (χ3v) is 3.53. The highest BCUT2D eigenvalue weighted by Crippen LogP contribution is 2.17. The zero-order valence-corrected chi connectivity index (χ0v) is 13.1. The standard InChI is InChI=1S/C16H20N2O6/c19-14(20)9-15(21)24-18-8-4-7-13(18)10-17-16(22)23-11-12-5-2-1-3-6-12/h1-3,5-6,13H,4,7-11H2,(H,17,22)(H,19,20)/t13-/m0/s1. The molecule has 0 spiro atoms. The van der Waals surface area contributed by atoms with Crippen LogP contribution in [-0.4, -0.2) is 47.3 Å². The number of carbonyl (C=O) groups excluding carboxylic acids is 2. The molecule has 0 bridgehead atoms. The van der Waals surface area contributed by atoms with E-state index in [0.717, 1.165) is 18.4 Å². The molecule has 0 unspecified atom stereocenters. The molecule has 0 aromatic heterocycles. The highest BCUT2D eigenvalue weighted by Gasteiger charge is 2.29. The van der Waals surface area contributed by atoms with E-state index in [1.807, 2.05) is 30.3 Å². The molecule has 130 valence electrons. The Morgan fingerprint density at radius 2 is 2.00 bits per heavy atom. The van der Waals surface area contributed by atoms with Crippen LogP contribution in [0.15, 0.2) is 30.3 Å². The molecule has 0 saturated carbocycles. The van der Waals surface area contributed by atoms with E-state index in [2.05, 4.69) is 5.32 Å². The highest BCUT2D eigenvalue weighted by atomic mass is 16.7. The van der Waals surface area contributed by atoms with Crippen LogP contribution in [0.5, 0.6) is 0 Å². The molecule has 1 aliphatic rings. The lowest BCUT2D eigenvalue weighted by atomic mass is 10.2. The van der Waals surface area contributed by atoms with Crippen LogP contribution in [-0.2, 0) is 25.8 Å². The Hall–Kier alpha value is -2.61. The van der Waals surface area contributed by atoms with Gasteiger partial charge in [-0.3, -0.25) is 4.79 Å². The number of carboxylic acids is 1. The number of nitrogens with one attached hydrogen (secondary N) is 1. The summed E-state index contributed by atoms with van der Waals surface area (Å²) in [5, 5.41) is 12.6. The van der Waals surface area contributed by atoms with E-state index >= 15 is 0 Å². The monoisotopic (exact) mass is 336 g/mol. The Kier molecular flexibility index (Phi) is 6.56. The minimum absolute atomic E-state index is 0.175. The Morgan fingerprint density at radius 1 is 1.25 bits per heavy atom. The number of hydroxylamine groups is 2. The molecule has 1 aromatic rings.